The second-order valence-electron chi connectivity index (χ2n) is 24.0. The summed E-state index contributed by atoms with van der Waals surface area (Å²) in [5, 5.41) is 60.2. The number of carbonyl (C=O) groups excluding carboxylic acids is 3. The molecular formula is C65H91N7O19. The van der Waals surface area contributed by atoms with Gasteiger partial charge in [-0.15, -0.1) is 0 Å². The molecule has 10 rings (SSSR count). The van der Waals surface area contributed by atoms with E-state index in [0.29, 0.717) is 25.7 Å². The molecule has 0 aromatic carbocycles. The summed E-state index contributed by atoms with van der Waals surface area (Å²) < 4.78 is 24.4. The zero-order chi connectivity index (χ0) is 67.0. The van der Waals surface area contributed by atoms with Gasteiger partial charge in [-0.05, 0) is 146 Å². The molecule has 5 aliphatic carbocycles. The predicted molar refractivity (Wildman–Crippen MR) is 338 cm³/mol. The number of hydrogen-bond acceptors (Lipinski definition) is 20. The molecule has 5 aromatic rings. The van der Waals surface area contributed by atoms with Crippen LogP contribution in [-0.2, 0) is 14.2 Å². The minimum Gasteiger partial charge on any atom is -0.477 e. The van der Waals surface area contributed by atoms with Crippen molar-refractivity contribution in [3.05, 3.63) is 160 Å². The van der Waals surface area contributed by atoms with Crippen LogP contribution in [0, 0.1) is 0 Å². The maximum Gasteiger partial charge on any atom is 0.412 e. The summed E-state index contributed by atoms with van der Waals surface area (Å²) in [6, 6.07) is 14.5. The van der Waals surface area contributed by atoms with Crippen LogP contribution in [0.15, 0.2) is 120 Å². The highest BCUT2D eigenvalue weighted by Crippen LogP contribution is 2.31. The van der Waals surface area contributed by atoms with Gasteiger partial charge in [0.25, 0.3) is 22.2 Å². The number of methoxy groups -OCH3 is 2. The van der Waals surface area contributed by atoms with Crippen molar-refractivity contribution in [3.8, 4) is 0 Å². The summed E-state index contributed by atoms with van der Waals surface area (Å²) in [4.78, 5) is 104. The van der Waals surface area contributed by atoms with Crippen LogP contribution in [0.3, 0.4) is 0 Å². The van der Waals surface area contributed by atoms with E-state index < -0.39 is 70.8 Å². The molecule has 11 N–H and O–H groups in total. The highest BCUT2D eigenvalue weighted by molar-refractivity contribution is 5.89. The number of ether oxygens (including phenoxy) is 3. The van der Waals surface area contributed by atoms with E-state index in [1.807, 2.05) is 0 Å². The number of nitrogen functional groups attached to an aromatic ring is 1. The first kappa shape index (κ1) is 73.7. The number of carboxylic acid groups (broad SMARTS) is 1. The number of amides is 1. The molecule has 5 aliphatic rings. The van der Waals surface area contributed by atoms with E-state index in [9.17, 15) is 63.6 Å². The maximum absolute atomic E-state index is 12.5. The van der Waals surface area contributed by atoms with Crippen LogP contribution in [0.4, 0.5) is 16.2 Å². The van der Waals surface area contributed by atoms with E-state index >= 15 is 0 Å². The molecule has 26 heteroatoms. The lowest BCUT2D eigenvalue weighted by atomic mass is 9.92. The molecular weight excluding hydrogens is 1180 g/mol. The molecule has 0 radical (unpaired) electrons. The van der Waals surface area contributed by atoms with Crippen LogP contribution in [0.1, 0.15) is 204 Å². The topological polar surface area (TPSA) is 400 Å². The van der Waals surface area contributed by atoms with Gasteiger partial charge in [0.1, 0.15) is 28.0 Å². The Morgan fingerprint density at radius 1 is 0.495 bits per heavy atom. The number of hydrogen-bond donors (Lipinski definition) is 9. The van der Waals surface area contributed by atoms with Crippen molar-refractivity contribution in [1.29, 1.82) is 0 Å². The Kier molecular flexibility index (Phi) is 29.3. The SMILES string of the molecule is CC(C)(C)OC(=O)Nc1cccn([C@H]2CCCC[C@H]2O)c1=O.COC(=O)c1cccn([C@H]2CCCC[C@H]2O)c1=O.COC(=O)c1cccoc1=O.NC1CCCC[C@H]1O.Nc1cccn([C@H]2CCCC[C@H]2O)c1=O.O=C(O)c1cccn([C@H]2CCCC[C@H]2O)c1=O. The molecule has 26 nitrogen and oxygen atoms in total. The van der Waals surface area contributed by atoms with E-state index in [1.165, 1.54) is 77.0 Å². The quantitative estimate of drug-likeness (QED) is 0.0600. The Morgan fingerprint density at radius 2 is 0.857 bits per heavy atom. The van der Waals surface area contributed by atoms with Crippen LogP contribution in [-0.4, -0.2) is 129 Å². The third-order valence-corrected chi connectivity index (χ3v) is 16.3. The van der Waals surface area contributed by atoms with Gasteiger partial charge < -0.3 is 79.0 Å². The number of aromatic carboxylic acids is 1. The Bertz CT molecular complexity index is 3450. The van der Waals surface area contributed by atoms with Crippen LogP contribution in [0.25, 0.3) is 0 Å². The monoisotopic (exact) mass is 1270 g/mol. The first-order valence-electron chi connectivity index (χ1n) is 31.0. The Morgan fingerprint density at radius 3 is 1.25 bits per heavy atom. The number of nitrogens with one attached hydrogen (secondary N) is 1. The minimum absolute atomic E-state index is 0.0118. The van der Waals surface area contributed by atoms with Gasteiger partial charge in [0.05, 0.1) is 80.9 Å². The number of aliphatic hydroxyl groups excluding tert-OH is 5. The van der Waals surface area contributed by atoms with Gasteiger partial charge in [-0.2, -0.15) is 0 Å². The number of nitrogens with zero attached hydrogens (tertiary/aromatic N) is 4. The van der Waals surface area contributed by atoms with Crippen LogP contribution in [0.2, 0.25) is 0 Å². The third-order valence-electron chi connectivity index (χ3n) is 16.3. The number of anilines is 2. The van der Waals surface area contributed by atoms with Crippen molar-refractivity contribution in [2.75, 3.05) is 25.3 Å². The van der Waals surface area contributed by atoms with Gasteiger partial charge in [0, 0.05) is 30.8 Å². The predicted octanol–water partition coefficient (Wildman–Crippen LogP) is 6.39. The summed E-state index contributed by atoms with van der Waals surface area (Å²) in [6.07, 6.45) is 22.9. The molecule has 500 valence electrons. The van der Waals surface area contributed by atoms with Crippen molar-refractivity contribution in [3.63, 3.8) is 0 Å². The second kappa shape index (κ2) is 36.1. The van der Waals surface area contributed by atoms with E-state index in [-0.39, 0.29) is 75.5 Å². The molecule has 5 saturated carbocycles. The van der Waals surface area contributed by atoms with E-state index in [0.717, 1.165) is 96.3 Å². The number of aliphatic hydroxyl groups is 5. The molecule has 0 spiro atoms. The molecule has 0 bridgehead atoms. The van der Waals surface area contributed by atoms with Gasteiger partial charge >= 0.3 is 29.6 Å². The second-order valence-corrected chi connectivity index (χ2v) is 24.0. The Balaban J connectivity index is 0.000000203. The molecule has 5 heterocycles. The standard InChI is InChI=1S/C16H24N2O4.C13H17NO4.C12H15NO4.C11H16N2O2.C7H6O4.C6H13NO/c1-16(2,3)22-15(21)17-11-7-6-10-18(14(11)20)12-8-4-5-9-13(12)19;1-18-13(17)9-5-4-8-14(12(9)16)10-6-2-3-7-11(10)15;14-10-6-2-1-5-9(10)13-7-3-4-8(11(13)15)12(16)17;12-8-4-3-7-13(11(8)15)9-5-1-2-6-10(9)14;1-10-6(8)5-3-2-4-11-7(5)9;7-5-3-1-2-4-6(5)8/h6-7,10,12-13,19H,4-5,8-9H2,1-3H3,(H,17,21);4-5,8,10-11,15H,2-3,6-7H2,1H3;3-4,7,9-10,14H,1-2,5-6H2,(H,16,17);3-4,7,9-10,14H,1-2,5-6,12H2;2-4H,1H3;5-6,8H,1-4,7H2/t12-,13+;10-,11+;2*9-,10+;;5?,6-/m0000.1/s1. The number of carbonyl (C=O) groups is 4. The zero-order valence-electron chi connectivity index (χ0n) is 52.5. The first-order valence-corrected chi connectivity index (χ1v) is 31.0. The summed E-state index contributed by atoms with van der Waals surface area (Å²) in [5.74, 6) is -2.55. The number of esters is 2. The van der Waals surface area contributed by atoms with Crippen LogP contribution < -0.4 is 44.6 Å². The van der Waals surface area contributed by atoms with Crippen molar-refractivity contribution in [2.45, 2.75) is 216 Å². The largest absolute Gasteiger partial charge is 0.477 e. The third kappa shape index (κ3) is 21.8. The van der Waals surface area contributed by atoms with Crippen molar-refractivity contribution in [1.82, 2.24) is 18.3 Å². The molecule has 0 saturated heterocycles. The average molecular weight is 1270 g/mol. The number of carboxylic acids is 1. The van der Waals surface area contributed by atoms with E-state index in [2.05, 4.69) is 19.2 Å². The highest BCUT2D eigenvalue weighted by atomic mass is 16.6. The lowest BCUT2D eigenvalue weighted by Crippen LogP contribution is -2.37. The summed E-state index contributed by atoms with van der Waals surface area (Å²) in [7, 11) is 2.45. The fraction of sp³-hybridized carbons (Fsp3) is 0.554. The first-order chi connectivity index (χ1) is 43.3. The van der Waals surface area contributed by atoms with Crippen molar-refractivity contribution in [2.24, 2.45) is 5.73 Å². The van der Waals surface area contributed by atoms with Gasteiger partial charge in [-0.1, -0.05) is 64.2 Å². The van der Waals surface area contributed by atoms with Gasteiger partial charge in [0.2, 0.25) is 0 Å². The summed E-state index contributed by atoms with van der Waals surface area (Å²) in [5.41, 5.74) is 8.42. The Hall–Kier alpha value is -8.01. The van der Waals surface area contributed by atoms with E-state index in [4.69, 9.17) is 26.4 Å². The highest BCUT2D eigenvalue weighted by Gasteiger charge is 2.30. The fourth-order valence-corrected chi connectivity index (χ4v) is 11.5. The van der Waals surface area contributed by atoms with E-state index in [1.54, 1.807) is 74.4 Å². The Labute approximate surface area is 527 Å². The van der Waals surface area contributed by atoms with Gasteiger partial charge in [-0.25, -0.2) is 24.0 Å². The zero-order valence-corrected chi connectivity index (χ0v) is 52.5. The maximum atomic E-state index is 12.5. The molecule has 5 aromatic heterocycles. The number of nitrogens with two attached hydrogens (primary N) is 2. The molecule has 10 atom stereocenters. The molecule has 0 aliphatic heterocycles. The van der Waals surface area contributed by atoms with Gasteiger partial charge in [-0.3, -0.25) is 24.5 Å². The van der Waals surface area contributed by atoms with Gasteiger partial charge in [0.15, 0.2) is 0 Å². The number of rotatable bonds is 8. The summed E-state index contributed by atoms with van der Waals surface area (Å²) >= 11 is 0. The minimum atomic E-state index is -1.23. The smallest absolute Gasteiger partial charge is 0.412 e. The normalized spacial score (nSPS) is 23.6. The lowest BCUT2D eigenvalue weighted by Gasteiger charge is -2.29. The number of aromatic nitrogens is 4. The molecule has 1 unspecified atom stereocenters. The van der Waals surface area contributed by atoms with Crippen molar-refractivity contribution >= 4 is 35.4 Å². The summed E-state index contributed by atoms with van der Waals surface area (Å²) in [6.45, 7) is 5.27. The molecule has 5 fully saturated rings. The fourth-order valence-electron chi connectivity index (χ4n) is 11.5. The van der Waals surface area contributed by atoms with Crippen molar-refractivity contribution < 1.29 is 68.4 Å². The molecule has 1 amide bonds. The lowest BCUT2D eigenvalue weighted by molar-refractivity contribution is 0.0582. The van der Waals surface area contributed by atoms with Crippen LogP contribution in [0.5, 0.6) is 0 Å². The number of pyridine rings is 4. The molecule has 91 heavy (non-hydrogen) atoms. The average Bonchev–Trinajstić information content (AvgIpc) is 1.37. The van der Waals surface area contributed by atoms with Crippen LogP contribution >= 0.6 is 0 Å².